The molecule has 1 heterocycles. The monoisotopic (exact) mass is 302 g/mol. The largest absolute Gasteiger partial charge is 0.673 e. The van der Waals surface area contributed by atoms with Gasteiger partial charge < -0.3 is 38.9 Å². The normalized spacial score (nSPS) is 14.4. The van der Waals surface area contributed by atoms with Crippen molar-refractivity contribution in [2.24, 2.45) is 11.5 Å². The minimum atomic E-state index is -6.00. The number of nitrogens with two attached hydrogens (primary N) is 2. The van der Waals surface area contributed by atoms with Crippen LogP contribution in [0, 0.1) is 0 Å². The Labute approximate surface area is 113 Å². The highest BCUT2D eigenvalue weighted by Crippen LogP contribution is 2.06. The second-order valence-electron chi connectivity index (χ2n) is 4.08. The number of aliphatic hydroxyl groups is 2. The summed E-state index contributed by atoms with van der Waals surface area (Å²) in [5, 5.41) is 18.6. The van der Waals surface area contributed by atoms with Gasteiger partial charge in [-0.05, 0) is 0 Å². The molecule has 0 amide bonds. The van der Waals surface area contributed by atoms with E-state index < -0.39 is 19.5 Å². The Balaban J connectivity index is 0.000000621. The molecule has 1 aromatic heterocycles. The molecular weight excluding hydrogens is 283 g/mol. The van der Waals surface area contributed by atoms with Crippen LogP contribution in [0.15, 0.2) is 18.7 Å². The lowest BCUT2D eigenvalue weighted by Crippen LogP contribution is -2.41. The highest BCUT2D eigenvalue weighted by molar-refractivity contribution is 6.50. The van der Waals surface area contributed by atoms with Crippen LogP contribution in [0.2, 0.25) is 0 Å². The summed E-state index contributed by atoms with van der Waals surface area (Å²) in [4.78, 5) is 0. The number of hydrogen-bond acceptors (Lipinski definition) is 4. The van der Waals surface area contributed by atoms with Crippen LogP contribution in [0.25, 0.3) is 0 Å². The molecule has 0 aliphatic heterocycles. The zero-order valence-electron chi connectivity index (χ0n) is 10.7. The molecule has 118 valence electrons. The molecule has 2 atom stereocenters. The van der Waals surface area contributed by atoms with Gasteiger partial charge in [0, 0.05) is 13.1 Å². The smallest absolute Gasteiger partial charge is 0.418 e. The molecule has 0 radical (unpaired) electrons. The van der Waals surface area contributed by atoms with E-state index in [1.165, 1.54) is 0 Å². The fourth-order valence-electron chi connectivity index (χ4n) is 1.29. The molecule has 0 fully saturated rings. The van der Waals surface area contributed by atoms with Gasteiger partial charge in [-0.3, -0.25) is 0 Å². The Kier molecular flexibility index (Phi) is 8.38. The highest BCUT2D eigenvalue weighted by Gasteiger charge is 2.20. The number of hydrogen-bond donors (Lipinski definition) is 4. The second kappa shape index (κ2) is 8.90. The Bertz CT molecular complexity index is 345. The lowest BCUT2D eigenvalue weighted by atomic mass is 10.3. The maximum atomic E-state index is 9.75. The first kappa shape index (κ1) is 18.8. The summed E-state index contributed by atoms with van der Waals surface area (Å²) in [5.41, 5.74) is 10.6. The van der Waals surface area contributed by atoms with Crippen molar-refractivity contribution in [3.05, 3.63) is 18.7 Å². The van der Waals surface area contributed by atoms with Gasteiger partial charge in [0.1, 0.15) is 37.7 Å². The Morgan fingerprint density at radius 2 is 1.60 bits per heavy atom. The third kappa shape index (κ3) is 10.7. The van der Waals surface area contributed by atoms with Gasteiger partial charge >= 0.3 is 7.25 Å². The summed E-state index contributed by atoms with van der Waals surface area (Å²) >= 11 is 0. The van der Waals surface area contributed by atoms with Crippen molar-refractivity contribution in [3.63, 3.8) is 0 Å². The van der Waals surface area contributed by atoms with Crippen molar-refractivity contribution in [2.45, 2.75) is 25.3 Å². The van der Waals surface area contributed by atoms with E-state index in [1.807, 2.05) is 21.5 Å². The van der Waals surface area contributed by atoms with Gasteiger partial charge in [0.15, 0.2) is 0 Å². The maximum Gasteiger partial charge on any atom is 0.673 e. The molecule has 6 N–H and O–H groups in total. The van der Waals surface area contributed by atoms with Crippen molar-refractivity contribution < 1.29 is 32.0 Å². The summed E-state index contributed by atoms with van der Waals surface area (Å²) in [5.74, 6) is 0. The van der Waals surface area contributed by atoms with E-state index in [9.17, 15) is 27.5 Å². The van der Waals surface area contributed by atoms with E-state index in [0.717, 1.165) is 0 Å². The van der Waals surface area contributed by atoms with Gasteiger partial charge in [0.2, 0.25) is 6.33 Å². The topological polar surface area (TPSA) is 101 Å². The molecule has 0 spiro atoms. The number of aromatic nitrogens is 2. The van der Waals surface area contributed by atoms with Crippen LogP contribution < -0.4 is 16.0 Å². The molecule has 1 rings (SSSR count). The number of rotatable bonds is 6. The summed E-state index contributed by atoms with van der Waals surface area (Å²) < 4.78 is 42.6. The average molecular weight is 302 g/mol. The van der Waals surface area contributed by atoms with E-state index in [4.69, 9.17) is 11.5 Å². The molecule has 0 aromatic carbocycles. The van der Waals surface area contributed by atoms with E-state index in [-0.39, 0.29) is 13.1 Å². The summed E-state index contributed by atoms with van der Waals surface area (Å²) in [7, 11) is -6.00. The van der Waals surface area contributed by atoms with Crippen molar-refractivity contribution in [1.82, 2.24) is 4.57 Å². The predicted octanol–water partition coefficient (Wildman–Crippen LogP) is -1.29. The SMILES string of the molecule is F[B-](F)(F)F.NCC(O)Cn1cc[n+](CC(O)CN)c1. The lowest BCUT2D eigenvalue weighted by Gasteiger charge is -2.04. The first-order valence-electron chi connectivity index (χ1n) is 5.84. The summed E-state index contributed by atoms with van der Waals surface area (Å²) in [6, 6.07) is 0. The average Bonchev–Trinajstić information content (AvgIpc) is 2.74. The molecular formula is C9H19BF4N4O2. The second-order valence-corrected chi connectivity index (χ2v) is 4.08. The molecule has 0 bridgehead atoms. The molecule has 0 aliphatic carbocycles. The maximum absolute atomic E-state index is 9.75. The zero-order valence-corrected chi connectivity index (χ0v) is 10.7. The van der Waals surface area contributed by atoms with Gasteiger partial charge in [0.25, 0.3) is 0 Å². The van der Waals surface area contributed by atoms with E-state index in [2.05, 4.69) is 0 Å². The van der Waals surface area contributed by atoms with Crippen molar-refractivity contribution >= 4 is 7.25 Å². The Morgan fingerprint density at radius 1 is 1.10 bits per heavy atom. The predicted molar refractivity (Wildman–Crippen MR) is 64.9 cm³/mol. The third-order valence-electron chi connectivity index (χ3n) is 2.13. The molecule has 11 heteroatoms. The fourth-order valence-corrected chi connectivity index (χ4v) is 1.29. The number of nitrogens with zero attached hydrogens (tertiary/aromatic N) is 2. The van der Waals surface area contributed by atoms with Crippen molar-refractivity contribution in [3.8, 4) is 0 Å². The van der Waals surface area contributed by atoms with Crippen LogP contribution in [0.1, 0.15) is 0 Å². The molecule has 0 saturated heterocycles. The van der Waals surface area contributed by atoms with Crippen LogP contribution in [-0.4, -0.2) is 47.3 Å². The first-order valence-corrected chi connectivity index (χ1v) is 5.84. The first-order chi connectivity index (χ1) is 9.15. The molecule has 1 aromatic rings. The van der Waals surface area contributed by atoms with Gasteiger partial charge in [-0.2, -0.15) is 0 Å². The standard InChI is InChI=1S/C9H19N4O2.BF4/c10-3-8(14)5-12-1-2-13(7-12)6-9(15)4-11;2-1(3,4)5/h1-2,7-9,14-15H,3-6,10-11H2;/q+1;-1. The summed E-state index contributed by atoms with van der Waals surface area (Å²) in [6.07, 6.45) is 4.37. The number of aliphatic hydroxyl groups excluding tert-OH is 2. The number of halogens is 4. The van der Waals surface area contributed by atoms with Crippen LogP contribution in [0.4, 0.5) is 17.3 Å². The van der Waals surface area contributed by atoms with Crippen LogP contribution in [0.5, 0.6) is 0 Å². The molecule has 0 saturated carbocycles. The van der Waals surface area contributed by atoms with Crippen LogP contribution in [0.3, 0.4) is 0 Å². The van der Waals surface area contributed by atoms with E-state index >= 15 is 0 Å². The van der Waals surface area contributed by atoms with Gasteiger partial charge in [-0.1, -0.05) is 0 Å². The van der Waals surface area contributed by atoms with E-state index in [0.29, 0.717) is 13.1 Å². The number of imidazole rings is 1. The molecule has 20 heavy (non-hydrogen) atoms. The molecule has 6 nitrogen and oxygen atoms in total. The minimum absolute atomic E-state index is 0.240. The van der Waals surface area contributed by atoms with Gasteiger partial charge in [-0.15, -0.1) is 0 Å². The minimum Gasteiger partial charge on any atom is -0.418 e. The fraction of sp³-hybridized carbons (Fsp3) is 0.667. The van der Waals surface area contributed by atoms with E-state index in [1.54, 1.807) is 6.33 Å². The van der Waals surface area contributed by atoms with Crippen molar-refractivity contribution in [2.75, 3.05) is 13.1 Å². The summed E-state index contributed by atoms with van der Waals surface area (Å²) in [6.45, 7) is 1.40. The quantitative estimate of drug-likeness (QED) is 0.298. The van der Waals surface area contributed by atoms with Gasteiger partial charge in [-0.25, -0.2) is 9.13 Å². The molecule has 2 unspecified atom stereocenters. The lowest BCUT2D eigenvalue weighted by molar-refractivity contribution is -0.702. The van der Waals surface area contributed by atoms with Gasteiger partial charge in [0.05, 0.1) is 0 Å². The Morgan fingerprint density at radius 3 is 2.05 bits per heavy atom. The highest BCUT2D eigenvalue weighted by atomic mass is 19.5. The van der Waals surface area contributed by atoms with Crippen molar-refractivity contribution in [1.29, 1.82) is 0 Å². The zero-order chi connectivity index (χ0) is 15.8. The van der Waals surface area contributed by atoms with Crippen LogP contribution >= 0.6 is 0 Å². The third-order valence-corrected chi connectivity index (χ3v) is 2.13. The molecule has 0 aliphatic rings. The van der Waals surface area contributed by atoms with Crippen LogP contribution in [-0.2, 0) is 13.1 Å². The Hall–Kier alpha value is -1.17.